The molecule has 0 atom stereocenters. The van der Waals surface area contributed by atoms with Crippen LogP contribution < -0.4 is 4.74 Å². The maximum atomic E-state index is 5.45. The van der Waals surface area contributed by atoms with Crippen LogP contribution in [0.3, 0.4) is 0 Å². The molecule has 0 spiro atoms. The van der Waals surface area contributed by atoms with E-state index >= 15 is 0 Å². The summed E-state index contributed by atoms with van der Waals surface area (Å²) in [5.41, 5.74) is 1.28. The second-order valence-corrected chi connectivity index (χ2v) is 3.48. The molecule has 0 amide bonds. The van der Waals surface area contributed by atoms with Gasteiger partial charge in [-0.3, -0.25) is 0 Å². The topological polar surface area (TPSA) is 9.23 Å². The van der Waals surface area contributed by atoms with E-state index in [2.05, 4.69) is 18.4 Å². The standard InChI is InChI=1S/C8H12OS/c1-6(2)9-8-4-7(3)5-10-8/h4-6H,1-3H3. The zero-order chi connectivity index (χ0) is 7.56. The Kier molecular flexibility index (Phi) is 2.33. The zero-order valence-corrected chi connectivity index (χ0v) is 7.37. The van der Waals surface area contributed by atoms with E-state index in [9.17, 15) is 0 Å². The Hall–Kier alpha value is -0.500. The molecule has 1 aromatic heterocycles. The van der Waals surface area contributed by atoms with Gasteiger partial charge in [0.05, 0.1) is 6.10 Å². The smallest absolute Gasteiger partial charge is 0.174 e. The molecule has 0 saturated carbocycles. The summed E-state index contributed by atoms with van der Waals surface area (Å²) in [5, 5.41) is 3.12. The summed E-state index contributed by atoms with van der Waals surface area (Å²) >= 11 is 1.66. The van der Waals surface area contributed by atoms with Crippen molar-refractivity contribution in [3.8, 4) is 5.06 Å². The summed E-state index contributed by atoms with van der Waals surface area (Å²) in [6, 6.07) is 2.06. The van der Waals surface area contributed by atoms with Crippen LogP contribution in [0.25, 0.3) is 0 Å². The summed E-state index contributed by atoms with van der Waals surface area (Å²) in [5.74, 6) is 0. The van der Waals surface area contributed by atoms with E-state index in [4.69, 9.17) is 4.74 Å². The van der Waals surface area contributed by atoms with Gasteiger partial charge in [-0.25, -0.2) is 0 Å². The SMILES string of the molecule is Cc1csc(OC(C)C)c1. The fourth-order valence-corrected chi connectivity index (χ4v) is 1.57. The normalized spacial score (nSPS) is 10.4. The predicted molar refractivity (Wildman–Crippen MR) is 44.8 cm³/mol. The molecule has 0 saturated heterocycles. The molecule has 2 heteroatoms. The number of aryl methyl sites for hydroxylation is 1. The Morgan fingerprint density at radius 2 is 2.20 bits per heavy atom. The fraction of sp³-hybridized carbons (Fsp3) is 0.500. The van der Waals surface area contributed by atoms with Crippen molar-refractivity contribution >= 4 is 11.3 Å². The van der Waals surface area contributed by atoms with Crippen LogP contribution in [0.1, 0.15) is 19.4 Å². The molecule has 1 aromatic rings. The minimum absolute atomic E-state index is 0.290. The Bertz CT molecular complexity index is 203. The molecule has 56 valence electrons. The molecule has 0 unspecified atom stereocenters. The third kappa shape index (κ3) is 2.03. The van der Waals surface area contributed by atoms with Gasteiger partial charge in [0.1, 0.15) is 0 Å². The Morgan fingerprint density at radius 1 is 1.50 bits per heavy atom. The van der Waals surface area contributed by atoms with Crippen molar-refractivity contribution in [1.82, 2.24) is 0 Å². The predicted octanol–water partition coefficient (Wildman–Crippen LogP) is 2.84. The largest absolute Gasteiger partial charge is 0.481 e. The first-order valence-corrected chi connectivity index (χ1v) is 4.28. The average Bonchev–Trinajstić information content (AvgIpc) is 2.13. The van der Waals surface area contributed by atoms with Crippen molar-refractivity contribution in [3.63, 3.8) is 0 Å². The number of rotatable bonds is 2. The van der Waals surface area contributed by atoms with Crippen LogP contribution in [-0.2, 0) is 0 Å². The van der Waals surface area contributed by atoms with Crippen molar-refractivity contribution < 1.29 is 4.74 Å². The van der Waals surface area contributed by atoms with Crippen molar-refractivity contribution in [2.75, 3.05) is 0 Å². The molecule has 0 radical (unpaired) electrons. The molecule has 0 N–H and O–H groups in total. The molecule has 0 aromatic carbocycles. The van der Waals surface area contributed by atoms with Crippen LogP contribution >= 0.6 is 11.3 Å². The van der Waals surface area contributed by atoms with Crippen LogP contribution in [0.15, 0.2) is 11.4 Å². The van der Waals surface area contributed by atoms with E-state index in [1.54, 1.807) is 11.3 Å². The first-order chi connectivity index (χ1) is 4.68. The molecular formula is C8H12OS. The summed E-state index contributed by atoms with van der Waals surface area (Å²) in [4.78, 5) is 0. The molecule has 0 aliphatic rings. The lowest BCUT2D eigenvalue weighted by molar-refractivity contribution is 0.250. The van der Waals surface area contributed by atoms with Gasteiger partial charge in [-0.1, -0.05) is 0 Å². The van der Waals surface area contributed by atoms with Crippen molar-refractivity contribution in [2.24, 2.45) is 0 Å². The Morgan fingerprint density at radius 3 is 2.60 bits per heavy atom. The molecule has 1 nitrogen and oxygen atoms in total. The van der Waals surface area contributed by atoms with Crippen molar-refractivity contribution in [1.29, 1.82) is 0 Å². The number of hydrogen-bond donors (Lipinski definition) is 0. The van der Waals surface area contributed by atoms with Crippen LogP contribution in [0.2, 0.25) is 0 Å². The monoisotopic (exact) mass is 156 g/mol. The third-order valence-electron chi connectivity index (χ3n) is 1.06. The number of hydrogen-bond acceptors (Lipinski definition) is 2. The van der Waals surface area contributed by atoms with Crippen LogP contribution in [0.4, 0.5) is 0 Å². The quantitative estimate of drug-likeness (QED) is 0.639. The maximum absolute atomic E-state index is 5.45. The van der Waals surface area contributed by atoms with Crippen LogP contribution in [0.5, 0.6) is 5.06 Å². The molecule has 1 rings (SSSR count). The summed E-state index contributed by atoms with van der Waals surface area (Å²) < 4.78 is 5.45. The molecule has 10 heavy (non-hydrogen) atoms. The lowest BCUT2D eigenvalue weighted by atomic mass is 10.4. The lowest BCUT2D eigenvalue weighted by Crippen LogP contribution is -2.03. The van der Waals surface area contributed by atoms with E-state index in [1.807, 2.05) is 13.8 Å². The highest BCUT2D eigenvalue weighted by molar-refractivity contribution is 7.12. The molecule has 0 aliphatic carbocycles. The molecule has 0 aliphatic heterocycles. The molecule has 0 bridgehead atoms. The second kappa shape index (κ2) is 3.06. The van der Waals surface area contributed by atoms with Gasteiger partial charge in [-0.05, 0) is 37.8 Å². The highest BCUT2D eigenvalue weighted by Gasteiger charge is 1.98. The van der Waals surface area contributed by atoms with E-state index in [-0.39, 0.29) is 6.10 Å². The van der Waals surface area contributed by atoms with Gasteiger partial charge in [0, 0.05) is 0 Å². The van der Waals surface area contributed by atoms with Gasteiger partial charge in [0.2, 0.25) is 0 Å². The Labute approximate surface area is 65.6 Å². The van der Waals surface area contributed by atoms with E-state index in [0.717, 1.165) is 5.06 Å². The Balaban J connectivity index is 2.58. The summed E-state index contributed by atoms with van der Waals surface area (Å²) in [7, 11) is 0. The zero-order valence-electron chi connectivity index (χ0n) is 6.55. The molecule has 0 fully saturated rings. The third-order valence-corrected chi connectivity index (χ3v) is 1.99. The minimum atomic E-state index is 0.290. The van der Waals surface area contributed by atoms with Gasteiger partial charge in [0.15, 0.2) is 5.06 Å². The second-order valence-electron chi connectivity index (χ2n) is 2.61. The van der Waals surface area contributed by atoms with Gasteiger partial charge in [-0.15, -0.1) is 11.3 Å². The molecular weight excluding hydrogens is 144 g/mol. The minimum Gasteiger partial charge on any atom is -0.481 e. The van der Waals surface area contributed by atoms with Crippen LogP contribution in [0, 0.1) is 6.92 Å². The van der Waals surface area contributed by atoms with E-state index in [0.29, 0.717) is 0 Å². The first-order valence-electron chi connectivity index (χ1n) is 3.40. The highest BCUT2D eigenvalue weighted by atomic mass is 32.1. The van der Waals surface area contributed by atoms with E-state index in [1.165, 1.54) is 5.56 Å². The van der Waals surface area contributed by atoms with Gasteiger partial charge in [0.25, 0.3) is 0 Å². The van der Waals surface area contributed by atoms with Crippen molar-refractivity contribution in [3.05, 3.63) is 17.0 Å². The number of thiophene rings is 1. The van der Waals surface area contributed by atoms with Gasteiger partial charge >= 0.3 is 0 Å². The highest BCUT2D eigenvalue weighted by Crippen LogP contribution is 2.22. The number of ether oxygens (including phenoxy) is 1. The maximum Gasteiger partial charge on any atom is 0.174 e. The first kappa shape index (κ1) is 7.61. The van der Waals surface area contributed by atoms with Gasteiger partial charge in [-0.2, -0.15) is 0 Å². The summed E-state index contributed by atoms with van der Waals surface area (Å²) in [6.45, 7) is 6.15. The van der Waals surface area contributed by atoms with Crippen molar-refractivity contribution in [2.45, 2.75) is 26.9 Å². The summed E-state index contributed by atoms with van der Waals surface area (Å²) in [6.07, 6.45) is 0.290. The van der Waals surface area contributed by atoms with Gasteiger partial charge < -0.3 is 4.74 Å². The molecule has 1 heterocycles. The van der Waals surface area contributed by atoms with E-state index < -0.39 is 0 Å². The fourth-order valence-electron chi connectivity index (χ4n) is 0.699. The van der Waals surface area contributed by atoms with Crippen LogP contribution in [-0.4, -0.2) is 6.10 Å². The lowest BCUT2D eigenvalue weighted by Gasteiger charge is -2.04. The average molecular weight is 156 g/mol.